The van der Waals surface area contributed by atoms with E-state index in [9.17, 15) is 14.0 Å². The number of rotatable bonds is 6. The van der Waals surface area contributed by atoms with Crippen molar-refractivity contribution >= 4 is 11.8 Å². The highest BCUT2D eigenvalue weighted by atomic mass is 19.1. The first-order valence-corrected chi connectivity index (χ1v) is 10.5. The highest BCUT2D eigenvalue weighted by molar-refractivity contribution is 5.94. The summed E-state index contributed by atoms with van der Waals surface area (Å²) >= 11 is 0. The van der Waals surface area contributed by atoms with Gasteiger partial charge in [0.05, 0.1) is 19.0 Å². The lowest BCUT2D eigenvalue weighted by Crippen LogP contribution is -2.39. The van der Waals surface area contributed by atoms with Gasteiger partial charge in [0.25, 0.3) is 5.91 Å². The summed E-state index contributed by atoms with van der Waals surface area (Å²) in [5, 5.41) is 0. The van der Waals surface area contributed by atoms with Crippen LogP contribution in [0.1, 0.15) is 27.2 Å². The van der Waals surface area contributed by atoms with Gasteiger partial charge in [0.15, 0.2) is 5.76 Å². The molecule has 7 heteroatoms. The number of furan rings is 1. The van der Waals surface area contributed by atoms with Gasteiger partial charge in [0, 0.05) is 19.6 Å². The number of carbonyl (C=O) groups is 2. The van der Waals surface area contributed by atoms with Crippen LogP contribution < -0.4 is 0 Å². The lowest BCUT2D eigenvalue weighted by molar-refractivity contribution is -0.132. The smallest absolute Gasteiger partial charge is 0.290 e. The van der Waals surface area contributed by atoms with Crippen LogP contribution in [0.4, 0.5) is 4.39 Å². The molecule has 3 aromatic rings. The largest absolute Gasteiger partial charge is 0.459 e. The number of nitrogens with zero attached hydrogens (tertiary/aromatic N) is 2. The molecule has 1 unspecified atom stereocenters. The number of benzene rings is 2. The third-order valence-corrected chi connectivity index (χ3v) is 5.38. The van der Waals surface area contributed by atoms with Crippen molar-refractivity contribution in [3.63, 3.8) is 0 Å². The lowest BCUT2D eigenvalue weighted by atomic mass is 10.1. The second kappa shape index (κ2) is 9.78. The molecule has 1 saturated heterocycles. The Labute approximate surface area is 186 Å². The normalized spacial score (nSPS) is 16.8. The Hall–Kier alpha value is -3.45. The third kappa shape index (κ3) is 5.42. The Balaban J connectivity index is 1.53. The first-order chi connectivity index (χ1) is 15.5. The maximum Gasteiger partial charge on any atom is 0.290 e. The molecule has 0 N–H and O–H groups in total. The van der Waals surface area contributed by atoms with E-state index in [1.54, 1.807) is 29.2 Å². The molecule has 2 amide bonds. The number of hydrogen-bond donors (Lipinski definition) is 0. The minimum absolute atomic E-state index is 0.0643. The fourth-order valence-corrected chi connectivity index (χ4v) is 3.82. The number of ether oxygens (including phenoxy) is 1. The predicted octanol–water partition coefficient (Wildman–Crippen LogP) is 3.80. The van der Waals surface area contributed by atoms with Crippen LogP contribution in [-0.4, -0.2) is 47.4 Å². The molecule has 1 fully saturated rings. The van der Waals surface area contributed by atoms with Crippen LogP contribution in [0.25, 0.3) is 0 Å². The van der Waals surface area contributed by atoms with E-state index in [-0.39, 0.29) is 43.1 Å². The van der Waals surface area contributed by atoms with Crippen molar-refractivity contribution in [2.75, 3.05) is 19.6 Å². The standard InChI is InChI=1S/C25H25FN2O4/c1-18-5-2-6-19(11-18)13-27-14-22(32-17-20-7-3-8-21(26)12-20)15-28(16-24(27)29)25(30)23-9-4-10-31-23/h2-12,22H,13-17H2,1H3. The second-order valence-electron chi connectivity index (χ2n) is 7.99. The quantitative estimate of drug-likeness (QED) is 0.590. The van der Waals surface area contributed by atoms with Gasteiger partial charge in [0.1, 0.15) is 12.4 Å². The van der Waals surface area contributed by atoms with Crippen molar-refractivity contribution < 1.29 is 23.1 Å². The Bertz CT molecular complexity index is 1080. The van der Waals surface area contributed by atoms with Crippen LogP contribution in [0.15, 0.2) is 71.3 Å². The van der Waals surface area contributed by atoms with E-state index in [1.165, 1.54) is 23.3 Å². The zero-order valence-corrected chi connectivity index (χ0v) is 17.9. The molecule has 6 nitrogen and oxygen atoms in total. The van der Waals surface area contributed by atoms with Crippen LogP contribution in [0.3, 0.4) is 0 Å². The zero-order valence-electron chi connectivity index (χ0n) is 17.9. The van der Waals surface area contributed by atoms with Gasteiger partial charge in [-0.3, -0.25) is 9.59 Å². The highest BCUT2D eigenvalue weighted by Crippen LogP contribution is 2.17. The van der Waals surface area contributed by atoms with Crippen molar-refractivity contribution in [2.24, 2.45) is 0 Å². The summed E-state index contributed by atoms with van der Waals surface area (Å²) in [6.45, 7) is 3.09. The third-order valence-electron chi connectivity index (χ3n) is 5.38. The highest BCUT2D eigenvalue weighted by Gasteiger charge is 2.32. The minimum Gasteiger partial charge on any atom is -0.459 e. The first kappa shape index (κ1) is 21.8. The topological polar surface area (TPSA) is 63.0 Å². The molecule has 0 bridgehead atoms. The maximum absolute atomic E-state index is 13.5. The monoisotopic (exact) mass is 436 g/mol. The molecule has 32 heavy (non-hydrogen) atoms. The number of halogens is 1. The lowest BCUT2D eigenvalue weighted by Gasteiger charge is -2.25. The molecule has 0 radical (unpaired) electrons. The average molecular weight is 436 g/mol. The van der Waals surface area contributed by atoms with Crippen LogP contribution in [0, 0.1) is 12.7 Å². The van der Waals surface area contributed by atoms with Gasteiger partial charge in [-0.25, -0.2) is 4.39 Å². The molecule has 166 valence electrons. The first-order valence-electron chi connectivity index (χ1n) is 10.5. The van der Waals surface area contributed by atoms with Crippen LogP contribution in [0.2, 0.25) is 0 Å². The van der Waals surface area contributed by atoms with E-state index in [1.807, 2.05) is 31.2 Å². The summed E-state index contributed by atoms with van der Waals surface area (Å²) in [6, 6.07) is 17.4. The van der Waals surface area contributed by atoms with E-state index in [0.717, 1.165) is 11.1 Å². The molecule has 0 spiro atoms. The van der Waals surface area contributed by atoms with Crippen LogP contribution >= 0.6 is 0 Å². The Kier molecular flexibility index (Phi) is 6.66. The number of hydrogen-bond acceptors (Lipinski definition) is 4. The van der Waals surface area contributed by atoms with Gasteiger partial charge >= 0.3 is 0 Å². The van der Waals surface area contributed by atoms with E-state index >= 15 is 0 Å². The Morgan fingerprint density at radius 3 is 2.66 bits per heavy atom. The van der Waals surface area contributed by atoms with Crippen LogP contribution in [-0.2, 0) is 22.7 Å². The van der Waals surface area contributed by atoms with Gasteiger partial charge in [-0.1, -0.05) is 42.0 Å². The summed E-state index contributed by atoms with van der Waals surface area (Å²) in [4.78, 5) is 29.1. The molecule has 1 aromatic heterocycles. The van der Waals surface area contributed by atoms with Crippen LogP contribution in [0.5, 0.6) is 0 Å². The second-order valence-corrected chi connectivity index (χ2v) is 7.99. The minimum atomic E-state index is -0.437. The SMILES string of the molecule is Cc1cccc(CN2CC(OCc3cccc(F)c3)CN(C(=O)c3ccco3)CC2=O)c1. The average Bonchev–Trinajstić information content (AvgIpc) is 3.26. The van der Waals surface area contributed by atoms with Crippen molar-refractivity contribution in [3.05, 3.63) is 95.2 Å². The van der Waals surface area contributed by atoms with Crippen molar-refractivity contribution in [2.45, 2.75) is 26.2 Å². The Morgan fingerprint density at radius 1 is 1.09 bits per heavy atom. The molecule has 2 heterocycles. The Morgan fingerprint density at radius 2 is 1.91 bits per heavy atom. The van der Waals surface area contributed by atoms with Crippen molar-refractivity contribution in [1.82, 2.24) is 9.80 Å². The molecular formula is C25H25FN2O4. The van der Waals surface area contributed by atoms with Gasteiger partial charge in [-0.2, -0.15) is 0 Å². The van der Waals surface area contributed by atoms with E-state index in [4.69, 9.17) is 9.15 Å². The predicted molar refractivity (Wildman–Crippen MR) is 116 cm³/mol. The number of aryl methyl sites for hydroxylation is 1. The summed E-state index contributed by atoms with van der Waals surface area (Å²) in [6.07, 6.45) is 0.989. The molecule has 4 rings (SSSR count). The number of carbonyl (C=O) groups excluding carboxylic acids is 2. The van der Waals surface area contributed by atoms with E-state index < -0.39 is 6.10 Å². The summed E-state index contributed by atoms with van der Waals surface area (Å²) in [5.41, 5.74) is 2.81. The maximum atomic E-state index is 13.5. The van der Waals surface area contributed by atoms with Crippen molar-refractivity contribution in [3.8, 4) is 0 Å². The van der Waals surface area contributed by atoms with Gasteiger partial charge in [0.2, 0.25) is 5.91 Å². The molecule has 1 atom stereocenters. The van der Waals surface area contributed by atoms with E-state index in [2.05, 4.69) is 0 Å². The fraction of sp³-hybridized carbons (Fsp3) is 0.280. The zero-order chi connectivity index (χ0) is 22.5. The number of amides is 2. The molecule has 0 saturated carbocycles. The molecule has 2 aromatic carbocycles. The summed E-state index contributed by atoms with van der Waals surface area (Å²) < 4.78 is 24.8. The molecule has 0 aliphatic carbocycles. The molecule has 1 aliphatic rings. The molecule has 1 aliphatic heterocycles. The summed E-state index contributed by atoms with van der Waals surface area (Å²) in [5.74, 6) is -0.685. The summed E-state index contributed by atoms with van der Waals surface area (Å²) in [7, 11) is 0. The van der Waals surface area contributed by atoms with Gasteiger partial charge in [-0.05, 0) is 42.3 Å². The van der Waals surface area contributed by atoms with Crippen molar-refractivity contribution in [1.29, 1.82) is 0 Å². The fourth-order valence-electron chi connectivity index (χ4n) is 3.82. The van der Waals surface area contributed by atoms with Gasteiger partial charge < -0.3 is 19.0 Å². The molecular weight excluding hydrogens is 411 g/mol. The van der Waals surface area contributed by atoms with Gasteiger partial charge in [-0.15, -0.1) is 0 Å². The van der Waals surface area contributed by atoms with E-state index in [0.29, 0.717) is 18.7 Å².